The van der Waals surface area contributed by atoms with Crippen LogP contribution >= 0.6 is 11.8 Å². The number of amides is 1. The summed E-state index contributed by atoms with van der Waals surface area (Å²) < 4.78 is 4.89. The number of carbonyl (C=O) groups is 2. The monoisotopic (exact) mass is 311 g/mol. The lowest BCUT2D eigenvalue weighted by molar-refractivity contribution is -0.139. The molecule has 116 valence electrons. The summed E-state index contributed by atoms with van der Waals surface area (Å²) in [5, 5.41) is 11.7. The minimum Gasteiger partial charge on any atom is -0.480 e. The summed E-state index contributed by atoms with van der Waals surface area (Å²) in [6.07, 6.45) is 2.94. The Hall–Kier alpha value is -1.53. The Bertz CT molecular complexity index is 461. The molecule has 0 aliphatic carbocycles. The van der Waals surface area contributed by atoms with Gasteiger partial charge < -0.3 is 15.2 Å². The SMILES string of the molecule is COCCCC(NC(=O)c1ccc(CSC)cc1)C(=O)O. The summed E-state index contributed by atoms with van der Waals surface area (Å²) in [6, 6.07) is 6.31. The third-order valence-corrected chi connectivity index (χ3v) is 3.59. The van der Waals surface area contributed by atoms with E-state index in [0.717, 1.165) is 11.3 Å². The molecule has 1 atom stereocenters. The first-order valence-electron chi connectivity index (χ1n) is 6.69. The predicted octanol–water partition coefficient (Wildman–Crippen LogP) is 2.16. The normalized spacial score (nSPS) is 11.9. The molecule has 0 aliphatic heterocycles. The average Bonchev–Trinajstić information content (AvgIpc) is 2.47. The van der Waals surface area contributed by atoms with Crippen LogP contribution in [0.25, 0.3) is 0 Å². The van der Waals surface area contributed by atoms with Crippen molar-refractivity contribution in [2.45, 2.75) is 24.6 Å². The van der Waals surface area contributed by atoms with Gasteiger partial charge in [-0.2, -0.15) is 11.8 Å². The van der Waals surface area contributed by atoms with Crippen LogP contribution in [0.3, 0.4) is 0 Å². The summed E-state index contributed by atoms with van der Waals surface area (Å²) >= 11 is 1.70. The maximum Gasteiger partial charge on any atom is 0.326 e. The standard InChI is InChI=1S/C15H21NO4S/c1-20-9-3-4-13(15(18)19)16-14(17)12-7-5-11(6-8-12)10-21-2/h5-8,13H,3-4,9-10H2,1-2H3,(H,16,17)(H,18,19). The smallest absolute Gasteiger partial charge is 0.326 e. The van der Waals surface area contributed by atoms with Crippen LogP contribution in [0.15, 0.2) is 24.3 Å². The second-order valence-electron chi connectivity index (χ2n) is 4.63. The first-order chi connectivity index (χ1) is 10.1. The number of hydrogen-bond acceptors (Lipinski definition) is 4. The highest BCUT2D eigenvalue weighted by Gasteiger charge is 2.20. The second-order valence-corrected chi connectivity index (χ2v) is 5.50. The van der Waals surface area contributed by atoms with Crippen LogP contribution in [0, 0.1) is 0 Å². The topological polar surface area (TPSA) is 75.6 Å². The van der Waals surface area contributed by atoms with Crippen LogP contribution in [0.5, 0.6) is 0 Å². The van der Waals surface area contributed by atoms with Gasteiger partial charge in [-0.3, -0.25) is 4.79 Å². The zero-order chi connectivity index (χ0) is 15.7. The van der Waals surface area contributed by atoms with Gasteiger partial charge in [0.2, 0.25) is 0 Å². The fraction of sp³-hybridized carbons (Fsp3) is 0.467. The van der Waals surface area contributed by atoms with Crippen molar-refractivity contribution in [3.63, 3.8) is 0 Å². The number of ether oxygens (including phenoxy) is 1. The van der Waals surface area contributed by atoms with Gasteiger partial charge in [-0.1, -0.05) is 12.1 Å². The van der Waals surface area contributed by atoms with Crippen LogP contribution in [0.1, 0.15) is 28.8 Å². The van der Waals surface area contributed by atoms with Crippen molar-refractivity contribution in [1.82, 2.24) is 5.32 Å². The fourth-order valence-electron chi connectivity index (χ4n) is 1.85. The largest absolute Gasteiger partial charge is 0.480 e. The number of aliphatic carboxylic acids is 1. The Labute approximate surface area is 129 Å². The maximum absolute atomic E-state index is 12.1. The Balaban J connectivity index is 2.61. The van der Waals surface area contributed by atoms with Gasteiger partial charge in [-0.25, -0.2) is 4.79 Å². The molecule has 0 saturated carbocycles. The van der Waals surface area contributed by atoms with Crippen molar-refractivity contribution in [2.75, 3.05) is 20.0 Å². The molecule has 6 heteroatoms. The van der Waals surface area contributed by atoms with Crippen molar-refractivity contribution in [1.29, 1.82) is 0 Å². The quantitative estimate of drug-likeness (QED) is 0.684. The van der Waals surface area contributed by atoms with Crippen molar-refractivity contribution in [3.05, 3.63) is 35.4 Å². The third kappa shape index (κ3) is 6.18. The van der Waals surface area contributed by atoms with Gasteiger partial charge in [0.15, 0.2) is 0 Å². The van der Waals surface area contributed by atoms with Crippen LogP contribution in [0.4, 0.5) is 0 Å². The zero-order valence-corrected chi connectivity index (χ0v) is 13.1. The van der Waals surface area contributed by atoms with E-state index in [4.69, 9.17) is 9.84 Å². The van der Waals surface area contributed by atoms with Gasteiger partial charge >= 0.3 is 5.97 Å². The molecule has 0 spiro atoms. The molecule has 0 aromatic heterocycles. The molecule has 0 fully saturated rings. The molecule has 0 heterocycles. The van der Waals surface area contributed by atoms with E-state index in [9.17, 15) is 9.59 Å². The van der Waals surface area contributed by atoms with Crippen LogP contribution in [0.2, 0.25) is 0 Å². The van der Waals surface area contributed by atoms with Gasteiger partial charge in [0.05, 0.1) is 0 Å². The number of hydrogen-bond donors (Lipinski definition) is 2. The van der Waals surface area contributed by atoms with Gasteiger partial charge in [0, 0.05) is 25.0 Å². The number of methoxy groups -OCH3 is 1. The van der Waals surface area contributed by atoms with Gasteiger partial charge in [0.1, 0.15) is 6.04 Å². The highest BCUT2D eigenvalue weighted by Crippen LogP contribution is 2.11. The number of benzene rings is 1. The van der Waals surface area contributed by atoms with E-state index in [1.54, 1.807) is 31.0 Å². The number of thioether (sulfide) groups is 1. The predicted molar refractivity (Wildman–Crippen MR) is 83.7 cm³/mol. The van der Waals surface area contributed by atoms with Crippen LogP contribution in [-0.2, 0) is 15.3 Å². The first kappa shape index (κ1) is 17.5. The van der Waals surface area contributed by atoms with E-state index in [-0.39, 0.29) is 5.91 Å². The molecular weight excluding hydrogens is 290 g/mol. The summed E-state index contributed by atoms with van der Waals surface area (Å²) in [5.74, 6) is -0.509. The van der Waals surface area contributed by atoms with Gasteiger partial charge in [0.25, 0.3) is 5.91 Å². The number of carbonyl (C=O) groups excluding carboxylic acids is 1. The molecule has 0 radical (unpaired) electrons. The highest BCUT2D eigenvalue weighted by atomic mass is 32.2. The van der Waals surface area contributed by atoms with E-state index in [2.05, 4.69) is 5.32 Å². The lowest BCUT2D eigenvalue weighted by atomic mass is 10.1. The molecule has 2 N–H and O–H groups in total. The number of nitrogens with one attached hydrogen (secondary N) is 1. The Morgan fingerprint density at radius 1 is 1.33 bits per heavy atom. The van der Waals surface area contributed by atoms with Crippen molar-refractivity contribution in [2.24, 2.45) is 0 Å². The van der Waals surface area contributed by atoms with Crippen molar-refractivity contribution in [3.8, 4) is 0 Å². The molecular formula is C15H21NO4S. The summed E-state index contributed by atoms with van der Waals surface area (Å²) in [5.41, 5.74) is 1.60. The lowest BCUT2D eigenvalue weighted by Gasteiger charge is -2.14. The maximum atomic E-state index is 12.1. The van der Waals surface area contributed by atoms with E-state index in [1.165, 1.54) is 0 Å². The van der Waals surface area contributed by atoms with E-state index in [1.807, 2.05) is 18.4 Å². The van der Waals surface area contributed by atoms with Crippen molar-refractivity contribution < 1.29 is 19.4 Å². The molecule has 21 heavy (non-hydrogen) atoms. The first-order valence-corrected chi connectivity index (χ1v) is 8.08. The Morgan fingerprint density at radius 2 is 2.00 bits per heavy atom. The third-order valence-electron chi connectivity index (χ3n) is 2.97. The van der Waals surface area contributed by atoms with Crippen molar-refractivity contribution >= 4 is 23.6 Å². The molecule has 1 aromatic rings. The second kappa shape index (κ2) is 9.41. The fourth-order valence-corrected chi connectivity index (χ4v) is 2.38. The van der Waals surface area contributed by atoms with E-state index in [0.29, 0.717) is 25.0 Å². The summed E-state index contributed by atoms with van der Waals surface area (Å²) in [6.45, 7) is 0.475. The molecule has 1 unspecified atom stereocenters. The minimum absolute atomic E-state index is 0.347. The highest BCUT2D eigenvalue weighted by molar-refractivity contribution is 7.97. The van der Waals surface area contributed by atoms with E-state index < -0.39 is 12.0 Å². The Morgan fingerprint density at radius 3 is 2.52 bits per heavy atom. The summed E-state index contributed by atoms with van der Waals surface area (Å²) in [4.78, 5) is 23.2. The molecule has 0 saturated heterocycles. The van der Waals surface area contributed by atoms with Crippen LogP contribution < -0.4 is 5.32 Å². The molecule has 1 rings (SSSR count). The number of carboxylic acid groups (broad SMARTS) is 1. The average molecular weight is 311 g/mol. The Kier molecular flexibility index (Phi) is 7.85. The lowest BCUT2D eigenvalue weighted by Crippen LogP contribution is -2.40. The molecule has 0 bridgehead atoms. The molecule has 1 aromatic carbocycles. The van der Waals surface area contributed by atoms with Gasteiger partial charge in [-0.05, 0) is 36.8 Å². The molecule has 5 nitrogen and oxygen atoms in total. The van der Waals surface area contributed by atoms with Crippen LogP contribution in [-0.4, -0.2) is 43.0 Å². The minimum atomic E-state index is -1.03. The molecule has 1 amide bonds. The molecule has 0 aliphatic rings. The van der Waals surface area contributed by atoms with Gasteiger partial charge in [-0.15, -0.1) is 0 Å². The summed E-state index contributed by atoms with van der Waals surface area (Å²) in [7, 11) is 1.56. The zero-order valence-electron chi connectivity index (χ0n) is 12.3. The van der Waals surface area contributed by atoms with E-state index >= 15 is 0 Å². The number of rotatable bonds is 9. The number of carboxylic acids is 1.